The fraction of sp³-hybridized carbons (Fsp3) is 0.250. The minimum Gasteiger partial charge on any atom is -0.376 e. The molecule has 4 nitrogen and oxygen atoms in total. The van der Waals surface area contributed by atoms with Gasteiger partial charge in [0.2, 0.25) is 0 Å². The molecule has 0 spiro atoms. The summed E-state index contributed by atoms with van der Waals surface area (Å²) in [4.78, 5) is 12.8. The summed E-state index contributed by atoms with van der Waals surface area (Å²) >= 11 is 4.93. The van der Waals surface area contributed by atoms with Crippen molar-refractivity contribution in [3.63, 3.8) is 0 Å². The largest absolute Gasteiger partial charge is 0.376 e. The van der Waals surface area contributed by atoms with Crippen LogP contribution in [0.1, 0.15) is 21.6 Å². The van der Waals surface area contributed by atoms with Crippen LogP contribution >= 0.6 is 27.3 Å². The van der Waals surface area contributed by atoms with Crippen molar-refractivity contribution in [1.82, 2.24) is 5.43 Å². The summed E-state index contributed by atoms with van der Waals surface area (Å²) in [5.74, 6) is -0.175. The molecule has 0 saturated heterocycles. The number of hydrogen-bond donors (Lipinski definition) is 2. The van der Waals surface area contributed by atoms with Crippen molar-refractivity contribution in [2.24, 2.45) is 5.10 Å². The number of carbonyl (C=O) groups excluding carboxylic acids is 1. The van der Waals surface area contributed by atoms with E-state index < -0.39 is 0 Å². The molecule has 0 atom stereocenters. The van der Waals surface area contributed by atoms with E-state index in [9.17, 15) is 4.79 Å². The molecule has 1 heterocycles. The maximum atomic E-state index is 11.8. The zero-order valence-electron chi connectivity index (χ0n) is 12.7. The highest BCUT2D eigenvalue weighted by atomic mass is 79.9. The van der Waals surface area contributed by atoms with Crippen molar-refractivity contribution in [1.29, 1.82) is 0 Å². The number of rotatable bonds is 5. The fourth-order valence-electron chi connectivity index (χ4n) is 2.23. The van der Waals surface area contributed by atoms with E-state index in [1.807, 2.05) is 25.3 Å². The number of anilines is 1. The van der Waals surface area contributed by atoms with E-state index in [-0.39, 0.29) is 12.5 Å². The molecule has 1 aromatic carbocycles. The summed E-state index contributed by atoms with van der Waals surface area (Å²) in [5.41, 5.74) is 7.02. The number of benzene rings is 1. The van der Waals surface area contributed by atoms with Gasteiger partial charge in [-0.25, -0.2) is 5.43 Å². The number of carbonyl (C=O) groups is 1. The van der Waals surface area contributed by atoms with Gasteiger partial charge in [0.15, 0.2) is 0 Å². The van der Waals surface area contributed by atoms with E-state index in [1.165, 1.54) is 5.56 Å². The summed E-state index contributed by atoms with van der Waals surface area (Å²) in [6.45, 7) is 6.32. The molecule has 1 amide bonds. The Kier molecular flexibility index (Phi) is 5.74. The lowest BCUT2D eigenvalue weighted by molar-refractivity contribution is -0.119. The van der Waals surface area contributed by atoms with Gasteiger partial charge in [0, 0.05) is 20.4 Å². The van der Waals surface area contributed by atoms with E-state index in [0.717, 1.165) is 26.2 Å². The van der Waals surface area contributed by atoms with E-state index in [0.29, 0.717) is 0 Å². The van der Waals surface area contributed by atoms with Crippen LogP contribution in [0.25, 0.3) is 0 Å². The van der Waals surface area contributed by atoms with E-state index >= 15 is 0 Å². The molecule has 0 bridgehead atoms. The van der Waals surface area contributed by atoms with Crippen molar-refractivity contribution in [2.45, 2.75) is 20.8 Å². The smallest absolute Gasteiger partial charge is 0.259 e. The van der Waals surface area contributed by atoms with Crippen molar-refractivity contribution >= 4 is 45.1 Å². The molecule has 6 heteroatoms. The zero-order valence-corrected chi connectivity index (χ0v) is 15.1. The number of halogens is 1. The van der Waals surface area contributed by atoms with Gasteiger partial charge >= 0.3 is 0 Å². The molecule has 116 valence electrons. The van der Waals surface area contributed by atoms with Gasteiger partial charge in [0.25, 0.3) is 5.91 Å². The van der Waals surface area contributed by atoms with Crippen LogP contribution in [0.5, 0.6) is 0 Å². The molecular formula is C16H18BrN3OS. The number of nitrogens with zero attached hydrogens (tertiary/aromatic N) is 1. The molecule has 0 unspecified atom stereocenters. The van der Waals surface area contributed by atoms with Crippen LogP contribution in [0.3, 0.4) is 0 Å². The first-order valence-corrected chi connectivity index (χ1v) is 8.50. The van der Waals surface area contributed by atoms with Gasteiger partial charge in [-0.1, -0.05) is 17.7 Å². The molecule has 0 aliphatic carbocycles. The third-order valence-electron chi connectivity index (χ3n) is 3.07. The highest BCUT2D eigenvalue weighted by Gasteiger charge is 2.05. The minimum absolute atomic E-state index is 0.175. The van der Waals surface area contributed by atoms with Gasteiger partial charge in [0.1, 0.15) is 0 Å². The number of nitrogens with one attached hydrogen (secondary N) is 2. The van der Waals surface area contributed by atoms with Crippen molar-refractivity contribution in [3.8, 4) is 0 Å². The second-order valence-corrected chi connectivity index (χ2v) is 6.95. The third kappa shape index (κ3) is 4.68. The Morgan fingerprint density at radius 3 is 2.55 bits per heavy atom. The molecule has 2 aromatic rings. The summed E-state index contributed by atoms with van der Waals surface area (Å²) in [6.07, 6.45) is 1.63. The summed E-state index contributed by atoms with van der Waals surface area (Å²) < 4.78 is 1.01. The number of amides is 1. The van der Waals surface area contributed by atoms with Crippen molar-refractivity contribution in [3.05, 3.63) is 49.6 Å². The molecule has 0 radical (unpaired) electrons. The van der Waals surface area contributed by atoms with Gasteiger partial charge < -0.3 is 5.32 Å². The van der Waals surface area contributed by atoms with Crippen molar-refractivity contribution < 1.29 is 4.79 Å². The highest BCUT2D eigenvalue weighted by molar-refractivity contribution is 9.10. The van der Waals surface area contributed by atoms with Crippen LogP contribution in [0.4, 0.5) is 5.69 Å². The topological polar surface area (TPSA) is 53.5 Å². The lowest BCUT2D eigenvalue weighted by Gasteiger charge is -2.13. The van der Waals surface area contributed by atoms with Crippen LogP contribution in [0.15, 0.2) is 33.2 Å². The molecule has 2 N–H and O–H groups in total. The van der Waals surface area contributed by atoms with Gasteiger partial charge in [-0.15, -0.1) is 11.3 Å². The molecular weight excluding hydrogens is 362 g/mol. The Balaban J connectivity index is 1.87. The second-order valence-electron chi connectivity index (χ2n) is 5.09. The standard InChI is InChI=1S/C16H18BrN3OS/c1-10-4-11(2)16(12(3)5-10)18-8-15(21)20-19-7-14-6-13(17)9-22-14/h4-7,9,18H,8H2,1-3H3,(H,20,21)/b19-7-. The first-order valence-electron chi connectivity index (χ1n) is 6.83. The van der Waals surface area contributed by atoms with E-state index in [2.05, 4.69) is 50.8 Å². The Labute approximate surface area is 142 Å². The third-order valence-corrected chi connectivity index (χ3v) is 4.70. The summed E-state index contributed by atoms with van der Waals surface area (Å²) in [6, 6.07) is 6.14. The molecule has 2 rings (SSSR count). The minimum atomic E-state index is -0.175. The molecule has 22 heavy (non-hydrogen) atoms. The van der Waals surface area contributed by atoms with E-state index in [4.69, 9.17) is 0 Å². The first kappa shape index (κ1) is 16.7. The molecule has 1 aromatic heterocycles. The van der Waals surface area contributed by atoms with Crippen molar-refractivity contribution in [2.75, 3.05) is 11.9 Å². The van der Waals surface area contributed by atoms with E-state index in [1.54, 1.807) is 17.6 Å². The SMILES string of the molecule is Cc1cc(C)c(NCC(=O)N/N=C\c2cc(Br)cs2)c(C)c1. The lowest BCUT2D eigenvalue weighted by atomic mass is 10.1. The van der Waals surface area contributed by atoms with Crippen LogP contribution < -0.4 is 10.7 Å². The zero-order chi connectivity index (χ0) is 16.1. The number of aryl methyl sites for hydroxylation is 3. The van der Waals surface area contributed by atoms with Crippen LogP contribution in [0, 0.1) is 20.8 Å². The quantitative estimate of drug-likeness (QED) is 0.609. The molecule has 0 aliphatic heterocycles. The summed E-state index contributed by atoms with van der Waals surface area (Å²) in [5, 5.41) is 9.09. The number of hydrogen-bond acceptors (Lipinski definition) is 4. The van der Waals surface area contributed by atoms with Crippen LogP contribution in [-0.2, 0) is 4.79 Å². The average Bonchev–Trinajstić information content (AvgIpc) is 2.83. The predicted octanol–water partition coefficient (Wildman–Crippen LogP) is 4.00. The molecule has 0 aliphatic rings. The summed E-state index contributed by atoms with van der Waals surface area (Å²) in [7, 11) is 0. The number of thiophene rings is 1. The predicted molar refractivity (Wildman–Crippen MR) is 96.9 cm³/mol. The highest BCUT2D eigenvalue weighted by Crippen LogP contribution is 2.21. The monoisotopic (exact) mass is 379 g/mol. The first-order chi connectivity index (χ1) is 10.5. The second kappa shape index (κ2) is 7.56. The average molecular weight is 380 g/mol. The molecule has 0 saturated carbocycles. The Morgan fingerprint density at radius 2 is 1.95 bits per heavy atom. The van der Waals surface area contributed by atoms with Crippen LogP contribution in [0.2, 0.25) is 0 Å². The lowest BCUT2D eigenvalue weighted by Crippen LogP contribution is -2.26. The fourth-order valence-corrected chi connectivity index (χ4v) is 3.53. The maximum Gasteiger partial charge on any atom is 0.259 e. The van der Waals surface area contributed by atoms with Gasteiger partial charge in [-0.3, -0.25) is 4.79 Å². The van der Waals surface area contributed by atoms with Crippen LogP contribution in [-0.4, -0.2) is 18.7 Å². The normalized spacial score (nSPS) is 10.9. The maximum absolute atomic E-state index is 11.8. The Bertz CT molecular complexity index is 686. The van der Waals surface area contributed by atoms with Gasteiger partial charge in [0.05, 0.1) is 12.8 Å². The Morgan fingerprint density at radius 1 is 1.27 bits per heavy atom. The van der Waals surface area contributed by atoms with Gasteiger partial charge in [-0.2, -0.15) is 5.10 Å². The Hall–Kier alpha value is -1.66. The van der Waals surface area contributed by atoms with Gasteiger partial charge in [-0.05, 0) is 53.9 Å². The molecule has 0 fully saturated rings. The number of hydrazone groups is 1.